The Morgan fingerprint density at radius 3 is 2.63 bits per heavy atom. The number of nitrogens with zero attached hydrogens (tertiary/aromatic N) is 3. The minimum atomic E-state index is -0.452. The van der Waals surface area contributed by atoms with E-state index in [1.165, 1.54) is 0 Å². The van der Waals surface area contributed by atoms with Gasteiger partial charge < -0.3 is 15.0 Å². The highest BCUT2D eigenvalue weighted by atomic mass is 79.9. The fourth-order valence-corrected chi connectivity index (χ4v) is 1.85. The zero-order valence-electron chi connectivity index (χ0n) is 11.2. The van der Waals surface area contributed by atoms with Crippen LogP contribution in [0.15, 0.2) is 17.0 Å². The van der Waals surface area contributed by atoms with Gasteiger partial charge in [-0.25, -0.2) is 14.8 Å². The molecule has 1 aliphatic heterocycles. The summed E-state index contributed by atoms with van der Waals surface area (Å²) in [5.74, 6) is 0.706. The standard InChI is InChI=1S/C12H17BrN4O2/c1-12(2,3)19-11(18)17-6-8(7-17)16-10-5-14-9(13)4-15-10/h4-5,8H,6-7H2,1-3H3,(H,15,16). The maximum absolute atomic E-state index is 11.7. The van der Waals surface area contributed by atoms with E-state index in [9.17, 15) is 4.79 Å². The molecule has 0 radical (unpaired) electrons. The van der Waals surface area contributed by atoms with Crippen LogP contribution >= 0.6 is 15.9 Å². The third kappa shape index (κ3) is 4.05. The Morgan fingerprint density at radius 2 is 2.11 bits per heavy atom. The molecule has 0 spiro atoms. The first-order valence-electron chi connectivity index (χ1n) is 6.05. The molecule has 104 valence electrons. The van der Waals surface area contributed by atoms with Crippen LogP contribution < -0.4 is 5.32 Å². The lowest BCUT2D eigenvalue weighted by atomic mass is 10.1. The number of halogens is 1. The molecule has 1 fully saturated rings. The lowest BCUT2D eigenvalue weighted by Gasteiger charge is -2.40. The average Bonchev–Trinajstić information content (AvgIpc) is 2.22. The van der Waals surface area contributed by atoms with E-state index in [4.69, 9.17) is 4.74 Å². The predicted octanol–water partition coefficient (Wildman–Crippen LogP) is 2.27. The van der Waals surface area contributed by atoms with E-state index in [-0.39, 0.29) is 12.1 Å². The third-order valence-corrected chi connectivity index (χ3v) is 2.92. The molecule has 1 aromatic rings. The van der Waals surface area contributed by atoms with Crippen molar-refractivity contribution in [2.45, 2.75) is 32.4 Å². The molecule has 1 aromatic heterocycles. The molecule has 1 saturated heterocycles. The molecule has 1 N–H and O–H groups in total. The zero-order valence-corrected chi connectivity index (χ0v) is 12.8. The quantitative estimate of drug-likeness (QED) is 0.902. The Bertz CT molecular complexity index is 452. The van der Waals surface area contributed by atoms with Gasteiger partial charge in [-0.05, 0) is 36.7 Å². The first-order valence-corrected chi connectivity index (χ1v) is 6.85. The van der Waals surface area contributed by atoms with Crippen LogP contribution in [0.25, 0.3) is 0 Å². The van der Waals surface area contributed by atoms with E-state index in [1.54, 1.807) is 17.3 Å². The van der Waals surface area contributed by atoms with Gasteiger partial charge in [-0.15, -0.1) is 0 Å². The molecule has 6 nitrogen and oxygen atoms in total. The van der Waals surface area contributed by atoms with Crippen molar-refractivity contribution in [2.75, 3.05) is 18.4 Å². The van der Waals surface area contributed by atoms with E-state index in [2.05, 4.69) is 31.2 Å². The van der Waals surface area contributed by atoms with Crippen molar-refractivity contribution in [1.29, 1.82) is 0 Å². The molecule has 0 unspecified atom stereocenters. The molecular weight excluding hydrogens is 312 g/mol. The average molecular weight is 329 g/mol. The SMILES string of the molecule is CC(C)(C)OC(=O)N1CC(Nc2cnc(Br)cn2)C1. The lowest BCUT2D eigenvalue weighted by molar-refractivity contribution is 0.0104. The first-order chi connectivity index (χ1) is 8.83. The number of carbonyl (C=O) groups is 1. The summed E-state index contributed by atoms with van der Waals surface area (Å²) in [6, 6.07) is 0.197. The maximum Gasteiger partial charge on any atom is 0.410 e. The molecule has 0 saturated carbocycles. The Labute approximate surface area is 120 Å². The molecule has 7 heteroatoms. The second-order valence-corrected chi connectivity index (χ2v) is 6.26. The highest BCUT2D eigenvalue weighted by Gasteiger charge is 2.33. The summed E-state index contributed by atoms with van der Waals surface area (Å²) in [7, 11) is 0. The van der Waals surface area contributed by atoms with Crippen molar-refractivity contribution in [3.05, 3.63) is 17.0 Å². The Morgan fingerprint density at radius 1 is 1.42 bits per heavy atom. The number of rotatable bonds is 2. The smallest absolute Gasteiger partial charge is 0.410 e. The van der Waals surface area contributed by atoms with E-state index in [1.807, 2.05) is 20.8 Å². The minimum Gasteiger partial charge on any atom is -0.444 e. The maximum atomic E-state index is 11.7. The number of hydrogen-bond donors (Lipinski definition) is 1. The van der Waals surface area contributed by atoms with E-state index >= 15 is 0 Å². The lowest BCUT2D eigenvalue weighted by Crippen LogP contribution is -2.58. The zero-order chi connectivity index (χ0) is 14.0. The van der Waals surface area contributed by atoms with E-state index < -0.39 is 5.60 Å². The minimum absolute atomic E-state index is 0.197. The fourth-order valence-electron chi connectivity index (χ4n) is 1.64. The number of carbonyl (C=O) groups excluding carboxylic acids is 1. The van der Waals surface area contributed by atoms with Gasteiger partial charge in [0.2, 0.25) is 0 Å². The normalized spacial score (nSPS) is 15.9. The topological polar surface area (TPSA) is 67.3 Å². The molecule has 1 amide bonds. The summed E-state index contributed by atoms with van der Waals surface area (Å²) in [4.78, 5) is 21.6. The van der Waals surface area contributed by atoms with E-state index in [0.717, 1.165) is 0 Å². The van der Waals surface area contributed by atoms with Gasteiger partial charge in [-0.2, -0.15) is 0 Å². The molecule has 0 atom stereocenters. The van der Waals surface area contributed by atoms with Crippen LogP contribution in [-0.2, 0) is 4.74 Å². The number of amides is 1. The van der Waals surface area contributed by atoms with Gasteiger partial charge in [0.05, 0.1) is 18.4 Å². The number of likely N-dealkylation sites (tertiary alicyclic amines) is 1. The van der Waals surface area contributed by atoms with Crippen molar-refractivity contribution >= 4 is 27.8 Å². The largest absolute Gasteiger partial charge is 0.444 e. The Hall–Kier alpha value is -1.37. The number of aromatic nitrogens is 2. The van der Waals surface area contributed by atoms with Crippen LogP contribution in [0, 0.1) is 0 Å². The molecule has 2 rings (SSSR count). The predicted molar refractivity (Wildman–Crippen MR) is 74.9 cm³/mol. The molecule has 0 aromatic carbocycles. The Kier molecular flexibility index (Phi) is 3.93. The molecule has 1 aliphatic rings. The van der Waals surface area contributed by atoms with Crippen LogP contribution in [0.1, 0.15) is 20.8 Å². The van der Waals surface area contributed by atoms with Crippen molar-refractivity contribution in [3.63, 3.8) is 0 Å². The van der Waals surface area contributed by atoms with Gasteiger partial charge in [0, 0.05) is 13.1 Å². The molecule has 2 heterocycles. The van der Waals surface area contributed by atoms with Crippen LogP contribution in [-0.4, -0.2) is 45.7 Å². The van der Waals surface area contributed by atoms with Crippen LogP contribution in [0.2, 0.25) is 0 Å². The molecule has 0 bridgehead atoms. The van der Waals surface area contributed by atoms with Crippen molar-refractivity contribution in [2.24, 2.45) is 0 Å². The summed E-state index contributed by atoms with van der Waals surface area (Å²) in [6.45, 7) is 6.81. The van der Waals surface area contributed by atoms with Crippen LogP contribution in [0.4, 0.5) is 10.6 Å². The number of hydrogen-bond acceptors (Lipinski definition) is 5. The number of ether oxygens (including phenoxy) is 1. The second-order valence-electron chi connectivity index (χ2n) is 5.45. The van der Waals surface area contributed by atoms with Crippen molar-refractivity contribution in [1.82, 2.24) is 14.9 Å². The summed E-state index contributed by atoms with van der Waals surface area (Å²) in [5.41, 5.74) is -0.452. The molecule has 0 aliphatic carbocycles. The monoisotopic (exact) mass is 328 g/mol. The Balaban J connectivity index is 1.77. The summed E-state index contributed by atoms with van der Waals surface area (Å²) in [6.07, 6.45) is 3.01. The van der Waals surface area contributed by atoms with Gasteiger partial charge >= 0.3 is 6.09 Å². The van der Waals surface area contributed by atoms with Gasteiger partial charge in [-0.3, -0.25) is 0 Å². The molecule has 19 heavy (non-hydrogen) atoms. The summed E-state index contributed by atoms with van der Waals surface area (Å²) >= 11 is 3.23. The summed E-state index contributed by atoms with van der Waals surface area (Å²) < 4.78 is 5.98. The number of anilines is 1. The highest BCUT2D eigenvalue weighted by molar-refractivity contribution is 9.10. The second kappa shape index (κ2) is 5.32. The van der Waals surface area contributed by atoms with Crippen molar-refractivity contribution < 1.29 is 9.53 Å². The van der Waals surface area contributed by atoms with Gasteiger partial charge in [0.1, 0.15) is 16.0 Å². The van der Waals surface area contributed by atoms with Crippen molar-refractivity contribution in [3.8, 4) is 0 Å². The fraction of sp³-hybridized carbons (Fsp3) is 0.583. The number of nitrogens with one attached hydrogen (secondary N) is 1. The molecular formula is C12H17BrN4O2. The highest BCUT2D eigenvalue weighted by Crippen LogP contribution is 2.17. The van der Waals surface area contributed by atoms with Gasteiger partial charge in [0.15, 0.2) is 0 Å². The van der Waals surface area contributed by atoms with E-state index in [0.29, 0.717) is 23.5 Å². The summed E-state index contributed by atoms with van der Waals surface area (Å²) in [5, 5.41) is 3.21. The van der Waals surface area contributed by atoms with Gasteiger partial charge in [-0.1, -0.05) is 0 Å². The third-order valence-electron chi connectivity index (χ3n) is 2.51. The first kappa shape index (κ1) is 14.0. The van der Waals surface area contributed by atoms with Gasteiger partial charge in [0.25, 0.3) is 0 Å². The van der Waals surface area contributed by atoms with Crippen LogP contribution in [0.5, 0.6) is 0 Å². The van der Waals surface area contributed by atoms with Crippen LogP contribution in [0.3, 0.4) is 0 Å².